The van der Waals surface area contributed by atoms with Crippen molar-refractivity contribution in [2.45, 2.75) is 12.5 Å². The molecule has 0 bridgehead atoms. The number of fused-ring (bicyclic) bond motifs is 1. The molecule has 1 saturated heterocycles. The Bertz CT molecular complexity index is 1230. The maximum absolute atomic E-state index is 14.5. The van der Waals surface area contributed by atoms with Crippen LogP contribution in [0.5, 0.6) is 0 Å². The first-order valence-electron chi connectivity index (χ1n) is 10.8. The second-order valence-electron chi connectivity index (χ2n) is 7.91. The van der Waals surface area contributed by atoms with Gasteiger partial charge in [-0.3, -0.25) is 4.79 Å². The molecule has 0 N–H and O–H groups in total. The van der Waals surface area contributed by atoms with Crippen molar-refractivity contribution in [2.75, 3.05) is 26.3 Å². The molecule has 32 heavy (non-hydrogen) atoms. The van der Waals surface area contributed by atoms with Crippen LogP contribution >= 0.6 is 0 Å². The lowest BCUT2D eigenvalue weighted by Crippen LogP contribution is -2.44. The first kappa shape index (κ1) is 20.4. The van der Waals surface area contributed by atoms with E-state index in [2.05, 4.69) is 0 Å². The maximum Gasteiger partial charge on any atom is 0.250 e. The largest absolute Gasteiger partial charge is 0.378 e. The van der Waals surface area contributed by atoms with E-state index in [1.54, 1.807) is 12.1 Å². The van der Waals surface area contributed by atoms with Gasteiger partial charge in [-0.2, -0.15) is 0 Å². The highest BCUT2D eigenvalue weighted by atomic mass is 19.1. The summed E-state index contributed by atoms with van der Waals surface area (Å²) in [6, 6.07) is 23.6. The fourth-order valence-corrected chi connectivity index (χ4v) is 4.31. The maximum atomic E-state index is 14.5. The van der Waals surface area contributed by atoms with E-state index in [1.165, 1.54) is 6.07 Å². The van der Waals surface area contributed by atoms with E-state index in [4.69, 9.17) is 9.72 Å². The predicted molar refractivity (Wildman–Crippen MR) is 121 cm³/mol. The summed E-state index contributed by atoms with van der Waals surface area (Å²) in [4.78, 5) is 20.5. The summed E-state index contributed by atoms with van der Waals surface area (Å²) >= 11 is 0. The van der Waals surface area contributed by atoms with Crippen LogP contribution in [0.4, 0.5) is 4.39 Å². The summed E-state index contributed by atoms with van der Waals surface area (Å²) in [7, 11) is 0. The van der Waals surface area contributed by atoms with Gasteiger partial charge in [-0.1, -0.05) is 60.7 Å². The zero-order valence-electron chi connectivity index (χ0n) is 17.7. The van der Waals surface area contributed by atoms with Gasteiger partial charge in [0.2, 0.25) is 0 Å². The number of carbonyl (C=O) groups is 1. The smallest absolute Gasteiger partial charge is 0.250 e. The number of amides is 1. The number of benzene rings is 3. The first-order valence-corrected chi connectivity index (χ1v) is 10.8. The van der Waals surface area contributed by atoms with E-state index >= 15 is 0 Å². The monoisotopic (exact) mass is 429 g/mol. The summed E-state index contributed by atoms with van der Waals surface area (Å²) in [6.45, 7) is 2.16. The van der Waals surface area contributed by atoms with Gasteiger partial charge in [0.15, 0.2) is 0 Å². The Morgan fingerprint density at radius 3 is 2.41 bits per heavy atom. The van der Waals surface area contributed by atoms with Crippen molar-refractivity contribution >= 4 is 16.9 Å². The van der Waals surface area contributed by atoms with Gasteiger partial charge in [0.25, 0.3) is 5.91 Å². The van der Waals surface area contributed by atoms with Crippen LogP contribution < -0.4 is 0 Å². The molecule has 0 radical (unpaired) electrons. The second kappa shape index (κ2) is 8.93. The molecule has 5 nitrogen and oxygen atoms in total. The van der Waals surface area contributed by atoms with Gasteiger partial charge in [-0.05, 0) is 29.3 Å². The van der Waals surface area contributed by atoms with Crippen LogP contribution in [0.15, 0.2) is 78.9 Å². The minimum absolute atomic E-state index is 0.00237. The van der Waals surface area contributed by atoms with Crippen LogP contribution in [0.2, 0.25) is 0 Å². The van der Waals surface area contributed by atoms with Crippen LogP contribution in [-0.4, -0.2) is 46.7 Å². The number of morpholine rings is 1. The molecule has 1 unspecified atom stereocenters. The highest BCUT2D eigenvalue weighted by molar-refractivity contribution is 5.87. The summed E-state index contributed by atoms with van der Waals surface area (Å²) in [5, 5.41) is 0. The summed E-state index contributed by atoms with van der Waals surface area (Å²) in [5.41, 5.74) is 3.07. The van der Waals surface area contributed by atoms with Crippen molar-refractivity contribution in [1.82, 2.24) is 14.5 Å². The number of para-hydroxylation sites is 2. The van der Waals surface area contributed by atoms with E-state index < -0.39 is 6.04 Å². The van der Waals surface area contributed by atoms with Crippen LogP contribution in [0.3, 0.4) is 0 Å². The SMILES string of the molecule is O=C(C(c1ccccc1)n1c(Cc2ccccc2F)nc2ccccc21)N1CCOCC1. The number of ether oxygens (including phenoxy) is 1. The standard InChI is InChI=1S/C26H24FN3O2/c27-21-11-5-4-10-20(21)18-24-28-22-12-6-7-13-23(22)30(24)25(19-8-2-1-3-9-19)26(31)29-14-16-32-17-15-29/h1-13,25H,14-18H2. The third kappa shape index (κ3) is 3.89. The minimum Gasteiger partial charge on any atom is -0.378 e. The van der Waals surface area contributed by atoms with E-state index in [-0.39, 0.29) is 11.7 Å². The average Bonchev–Trinajstić information content (AvgIpc) is 3.20. The van der Waals surface area contributed by atoms with Crippen LogP contribution in [0.25, 0.3) is 11.0 Å². The van der Waals surface area contributed by atoms with Crippen molar-refractivity contribution in [3.8, 4) is 0 Å². The number of hydrogen-bond acceptors (Lipinski definition) is 3. The summed E-state index contributed by atoms with van der Waals surface area (Å²) in [6.07, 6.45) is 0.293. The van der Waals surface area contributed by atoms with Crippen molar-refractivity contribution in [2.24, 2.45) is 0 Å². The van der Waals surface area contributed by atoms with Gasteiger partial charge in [0, 0.05) is 19.5 Å². The molecule has 0 aliphatic carbocycles. The highest BCUT2D eigenvalue weighted by Gasteiger charge is 2.31. The number of rotatable bonds is 5. The Labute approximate surface area is 186 Å². The number of hydrogen-bond donors (Lipinski definition) is 0. The molecule has 0 spiro atoms. The minimum atomic E-state index is -0.594. The normalized spacial score (nSPS) is 15.1. The fraction of sp³-hybridized carbons (Fsp3) is 0.231. The van der Waals surface area contributed by atoms with Crippen molar-refractivity contribution in [3.05, 3.63) is 102 Å². The number of nitrogens with zero attached hydrogens (tertiary/aromatic N) is 3. The van der Waals surface area contributed by atoms with E-state index in [9.17, 15) is 9.18 Å². The molecular weight excluding hydrogens is 405 g/mol. The van der Waals surface area contributed by atoms with Crippen molar-refractivity contribution < 1.29 is 13.9 Å². The Morgan fingerprint density at radius 1 is 0.938 bits per heavy atom. The zero-order chi connectivity index (χ0) is 21.9. The molecule has 2 heterocycles. The van der Waals surface area contributed by atoms with E-state index in [0.717, 1.165) is 16.6 Å². The topological polar surface area (TPSA) is 47.4 Å². The summed E-state index contributed by atoms with van der Waals surface area (Å²) < 4.78 is 21.9. The zero-order valence-corrected chi connectivity index (χ0v) is 17.7. The van der Waals surface area contributed by atoms with E-state index in [1.807, 2.05) is 70.1 Å². The third-order valence-corrected chi connectivity index (χ3v) is 5.91. The van der Waals surface area contributed by atoms with Gasteiger partial charge in [0.05, 0.1) is 24.2 Å². The molecule has 1 amide bonds. The number of carbonyl (C=O) groups excluding carboxylic acids is 1. The molecule has 1 aliphatic heterocycles. The van der Waals surface area contributed by atoms with Gasteiger partial charge < -0.3 is 14.2 Å². The Kier molecular flexibility index (Phi) is 5.69. The van der Waals surface area contributed by atoms with Gasteiger partial charge in [-0.25, -0.2) is 9.37 Å². The van der Waals surface area contributed by atoms with Crippen LogP contribution in [0, 0.1) is 5.82 Å². The first-order chi connectivity index (χ1) is 15.7. The molecule has 1 atom stereocenters. The lowest BCUT2D eigenvalue weighted by molar-refractivity contribution is -0.137. The van der Waals surface area contributed by atoms with Crippen LogP contribution in [-0.2, 0) is 16.0 Å². The molecule has 1 aliphatic rings. The Morgan fingerprint density at radius 2 is 1.62 bits per heavy atom. The number of aromatic nitrogens is 2. The quantitative estimate of drug-likeness (QED) is 0.477. The van der Waals surface area contributed by atoms with E-state index in [0.29, 0.717) is 44.1 Å². The van der Waals surface area contributed by atoms with Gasteiger partial charge in [-0.15, -0.1) is 0 Å². The molecular formula is C26H24FN3O2. The molecule has 1 aromatic heterocycles. The number of imidazole rings is 1. The highest BCUT2D eigenvalue weighted by Crippen LogP contribution is 2.30. The lowest BCUT2D eigenvalue weighted by atomic mass is 10.0. The lowest BCUT2D eigenvalue weighted by Gasteiger charge is -2.32. The molecule has 3 aromatic carbocycles. The average molecular weight is 429 g/mol. The van der Waals surface area contributed by atoms with Gasteiger partial charge >= 0.3 is 0 Å². The predicted octanol–water partition coefficient (Wildman–Crippen LogP) is 4.21. The molecule has 162 valence electrons. The Balaban J connectivity index is 1.68. The molecule has 1 fully saturated rings. The Hall–Kier alpha value is -3.51. The van der Waals surface area contributed by atoms with Crippen molar-refractivity contribution in [1.29, 1.82) is 0 Å². The molecule has 0 saturated carbocycles. The fourth-order valence-electron chi connectivity index (χ4n) is 4.31. The van der Waals surface area contributed by atoms with Crippen LogP contribution in [0.1, 0.15) is 23.0 Å². The molecule has 6 heteroatoms. The molecule has 4 aromatic rings. The third-order valence-electron chi connectivity index (χ3n) is 5.91. The second-order valence-corrected chi connectivity index (χ2v) is 7.91. The molecule has 5 rings (SSSR count). The van der Waals surface area contributed by atoms with Crippen molar-refractivity contribution in [3.63, 3.8) is 0 Å². The number of halogens is 1. The summed E-state index contributed by atoms with van der Waals surface area (Å²) in [5.74, 6) is 0.381. The van der Waals surface area contributed by atoms with Gasteiger partial charge in [0.1, 0.15) is 17.7 Å².